The topological polar surface area (TPSA) is 9.86 Å². The highest BCUT2D eigenvalue weighted by atomic mass is 32.1. The first-order valence-corrected chi connectivity index (χ1v) is 19.7. The Hall–Kier alpha value is -6.94. The van der Waals surface area contributed by atoms with Crippen molar-refractivity contribution < 1.29 is 0 Å². The minimum Gasteiger partial charge on any atom is -0.309 e. The van der Waals surface area contributed by atoms with E-state index in [0.717, 1.165) is 11.4 Å². The Morgan fingerprint density at radius 3 is 1.67 bits per heavy atom. The zero-order valence-corrected chi connectivity index (χ0v) is 30.6. The molecule has 0 unspecified atom stereocenters. The van der Waals surface area contributed by atoms with E-state index in [1.165, 1.54) is 96.8 Å². The Balaban J connectivity index is 1.09. The van der Waals surface area contributed by atoms with Crippen LogP contribution in [0.15, 0.2) is 194 Å². The molecule has 256 valence electrons. The van der Waals surface area contributed by atoms with Crippen LogP contribution in [0.4, 0.5) is 0 Å². The van der Waals surface area contributed by atoms with Gasteiger partial charge in [-0.05, 0) is 99.8 Å². The van der Waals surface area contributed by atoms with Gasteiger partial charge in [0.2, 0.25) is 0 Å². The van der Waals surface area contributed by atoms with E-state index in [9.17, 15) is 0 Å². The van der Waals surface area contributed by atoms with Crippen LogP contribution in [0.3, 0.4) is 0 Å². The summed E-state index contributed by atoms with van der Waals surface area (Å²) >= 11 is 1.86. The van der Waals surface area contributed by atoms with E-state index in [4.69, 9.17) is 0 Å². The molecule has 12 aromatic rings. The van der Waals surface area contributed by atoms with Crippen LogP contribution < -0.4 is 0 Å². The number of nitrogens with zero attached hydrogens (tertiary/aromatic N) is 2. The summed E-state index contributed by atoms with van der Waals surface area (Å²) in [6, 6.07) is 71.5. The van der Waals surface area contributed by atoms with Gasteiger partial charge in [-0.1, -0.05) is 127 Å². The predicted molar refractivity (Wildman–Crippen MR) is 236 cm³/mol. The summed E-state index contributed by atoms with van der Waals surface area (Å²) in [5, 5.41) is 10.2. The second-order valence-corrected chi connectivity index (χ2v) is 15.6. The highest BCUT2D eigenvalue weighted by Gasteiger charge is 2.20. The third-order valence-electron chi connectivity index (χ3n) is 11.5. The van der Waals surface area contributed by atoms with E-state index in [-0.39, 0.29) is 0 Å². The maximum atomic E-state index is 2.47. The van der Waals surface area contributed by atoms with Crippen LogP contribution in [0, 0.1) is 0 Å². The van der Waals surface area contributed by atoms with Crippen molar-refractivity contribution in [2.75, 3.05) is 0 Å². The van der Waals surface area contributed by atoms with Gasteiger partial charge in [0.15, 0.2) is 0 Å². The van der Waals surface area contributed by atoms with Crippen LogP contribution in [-0.2, 0) is 0 Å². The van der Waals surface area contributed by atoms with Crippen LogP contribution in [-0.4, -0.2) is 9.13 Å². The van der Waals surface area contributed by atoms with Crippen molar-refractivity contribution in [2.45, 2.75) is 0 Å². The van der Waals surface area contributed by atoms with Gasteiger partial charge in [-0.2, -0.15) is 0 Å². The molecule has 0 amide bonds. The van der Waals surface area contributed by atoms with Crippen LogP contribution in [0.5, 0.6) is 0 Å². The van der Waals surface area contributed by atoms with E-state index in [1.54, 1.807) is 0 Å². The molecule has 0 aliphatic carbocycles. The first kappa shape index (κ1) is 30.5. The highest BCUT2D eigenvalue weighted by Crippen LogP contribution is 2.43. The molecule has 55 heavy (non-hydrogen) atoms. The minimum atomic E-state index is 1.15. The molecule has 0 spiro atoms. The summed E-state index contributed by atoms with van der Waals surface area (Å²) in [5.74, 6) is 0. The van der Waals surface area contributed by atoms with Gasteiger partial charge in [0.1, 0.15) is 0 Å². The average molecular weight is 717 g/mol. The van der Waals surface area contributed by atoms with Crippen molar-refractivity contribution in [3.05, 3.63) is 194 Å². The first-order valence-electron chi connectivity index (χ1n) is 18.8. The molecule has 12 rings (SSSR count). The van der Waals surface area contributed by atoms with E-state index in [2.05, 4.69) is 203 Å². The van der Waals surface area contributed by atoms with Crippen molar-refractivity contribution in [1.82, 2.24) is 9.13 Å². The Bertz CT molecular complexity index is 3450. The largest absolute Gasteiger partial charge is 0.309 e. The van der Waals surface area contributed by atoms with Crippen molar-refractivity contribution in [3.63, 3.8) is 0 Å². The summed E-state index contributed by atoms with van der Waals surface area (Å²) in [6.45, 7) is 0. The predicted octanol–water partition coefficient (Wildman–Crippen LogP) is 14.7. The normalized spacial score (nSPS) is 12.0. The molecule has 0 atom stereocenters. The summed E-state index contributed by atoms with van der Waals surface area (Å²) in [7, 11) is 0. The molecule has 2 nitrogen and oxygen atoms in total. The number of fused-ring (bicyclic) bond motifs is 11. The minimum absolute atomic E-state index is 1.15. The lowest BCUT2D eigenvalue weighted by atomic mass is 10.0. The van der Waals surface area contributed by atoms with Gasteiger partial charge in [-0.25, -0.2) is 0 Å². The van der Waals surface area contributed by atoms with Crippen LogP contribution in [0.25, 0.3) is 108 Å². The zero-order valence-electron chi connectivity index (χ0n) is 29.8. The van der Waals surface area contributed by atoms with Crippen molar-refractivity contribution in [1.29, 1.82) is 0 Å². The molecular formula is C52H32N2S. The number of thiophene rings is 1. The van der Waals surface area contributed by atoms with Crippen LogP contribution >= 0.6 is 11.3 Å². The molecule has 3 heteroatoms. The van der Waals surface area contributed by atoms with Crippen LogP contribution in [0.1, 0.15) is 0 Å². The summed E-state index contributed by atoms with van der Waals surface area (Å²) in [5.41, 5.74) is 12.0. The second kappa shape index (κ2) is 11.8. The molecule has 0 fully saturated rings. The maximum absolute atomic E-state index is 2.47. The molecule has 0 saturated carbocycles. The van der Waals surface area contributed by atoms with E-state index >= 15 is 0 Å². The van der Waals surface area contributed by atoms with Gasteiger partial charge in [0, 0.05) is 53.1 Å². The number of aromatic nitrogens is 2. The van der Waals surface area contributed by atoms with Gasteiger partial charge in [-0.3, -0.25) is 0 Å². The van der Waals surface area contributed by atoms with Gasteiger partial charge in [0.25, 0.3) is 0 Å². The van der Waals surface area contributed by atoms with Gasteiger partial charge >= 0.3 is 0 Å². The molecule has 0 saturated heterocycles. The van der Waals surface area contributed by atoms with Crippen LogP contribution in [0.2, 0.25) is 0 Å². The molecule has 0 aliphatic rings. The van der Waals surface area contributed by atoms with E-state index in [1.807, 2.05) is 11.3 Å². The Morgan fingerprint density at radius 2 is 0.873 bits per heavy atom. The molecule has 0 bridgehead atoms. The third-order valence-corrected chi connectivity index (χ3v) is 12.7. The smallest absolute Gasteiger partial charge is 0.0562 e. The number of rotatable bonds is 4. The Kier molecular flexibility index (Phi) is 6.54. The molecule has 0 N–H and O–H groups in total. The Labute approximate surface area is 321 Å². The summed E-state index contributed by atoms with van der Waals surface area (Å²) in [6.07, 6.45) is 0. The monoisotopic (exact) mass is 716 g/mol. The fourth-order valence-corrected chi connectivity index (χ4v) is 10.0. The number of benzene rings is 9. The molecular weight excluding hydrogens is 685 g/mol. The Morgan fingerprint density at radius 1 is 0.291 bits per heavy atom. The van der Waals surface area contributed by atoms with Crippen molar-refractivity contribution in [3.8, 4) is 33.6 Å². The fourth-order valence-electron chi connectivity index (χ4n) is 8.95. The zero-order chi connectivity index (χ0) is 36.0. The summed E-state index contributed by atoms with van der Waals surface area (Å²) < 4.78 is 7.57. The highest BCUT2D eigenvalue weighted by molar-refractivity contribution is 7.25. The third kappa shape index (κ3) is 4.60. The fraction of sp³-hybridized carbons (Fsp3) is 0. The van der Waals surface area contributed by atoms with Crippen molar-refractivity contribution >= 4 is 85.9 Å². The molecule has 3 heterocycles. The lowest BCUT2D eigenvalue weighted by Gasteiger charge is -2.12. The number of para-hydroxylation sites is 1. The quantitative estimate of drug-likeness (QED) is 0.172. The SMILES string of the molecule is c1ccc(-c2ccc(-n3c4ccccc4c4cc5c6c7ccccc7ccc6n(-c6ccc(-c7ccc8sc9ccccc9c8c7)cc6)c5cc43)cc2)cc1. The van der Waals surface area contributed by atoms with Gasteiger partial charge in [-0.15, -0.1) is 11.3 Å². The van der Waals surface area contributed by atoms with Gasteiger partial charge < -0.3 is 9.13 Å². The average Bonchev–Trinajstić information content (AvgIpc) is 3.90. The standard InChI is InChI=1S/C52H32N2S/c1-2-10-33(11-3-1)34-18-24-38(25-19-34)53-46-16-8-6-14-41(46)43-31-45-49(32-48(43)53)54(47-28-22-36-12-4-5-13-40(36)52(45)47)39-26-20-35(21-27-39)37-23-29-51-44(30-37)42-15-7-9-17-50(42)55-51/h1-32H. The molecule has 3 aromatic heterocycles. The van der Waals surface area contributed by atoms with E-state index < -0.39 is 0 Å². The molecule has 0 aliphatic heterocycles. The second-order valence-electron chi connectivity index (χ2n) is 14.5. The maximum Gasteiger partial charge on any atom is 0.0562 e. The lowest BCUT2D eigenvalue weighted by molar-refractivity contribution is 1.17. The first-order chi connectivity index (χ1) is 27.3. The van der Waals surface area contributed by atoms with Gasteiger partial charge in [0.05, 0.1) is 22.1 Å². The number of hydrogen-bond donors (Lipinski definition) is 0. The summed E-state index contributed by atoms with van der Waals surface area (Å²) in [4.78, 5) is 0. The lowest BCUT2D eigenvalue weighted by Crippen LogP contribution is -1.96. The number of hydrogen-bond acceptors (Lipinski definition) is 1. The van der Waals surface area contributed by atoms with E-state index in [0.29, 0.717) is 0 Å². The molecule has 0 radical (unpaired) electrons. The van der Waals surface area contributed by atoms with Crippen molar-refractivity contribution in [2.24, 2.45) is 0 Å². The molecule has 9 aromatic carbocycles.